The van der Waals surface area contributed by atoms with E-state index in [1.54, 1.807) is 11.3 Å². The van der Waals surface area contributed by atoms with E-state index in [9.17, 15) is 4.79 Å². The quantitative estimate of drug-likeness (QED) is 0.682. The summed E-state index contributed by atoms with van der Waals surface area (Å²) in [6.07, 6.45) is 2.24. The van der Waals surface area contributed by atoms with Gasteiger partial charge in [-0.3, -0.25) is 4.79 Å². The number of piperidine rings is 1. The number of amides is 1. The molecule has 1 aliphatic rings. The Balaban J connectivity index is 1.83. The van der Waals surface area contributed by atoms with E-state index in [2.05, 4.69) is 30.1 Å². The number of fused-ring (bicyclic) bond motifs is 1. The van der Waals surface area contributed by atoms with Crippen LogP contribution in [0, 0.1) is 19.8 Å². The highest BCUT2D eigenvalue weighted by atomic mass is 32.1. The Bertz CT molecular complexity index is 943. The fraction of sp³-hybridized carbons (Fsp3) is 0.421. The van der Waals surface area contributed by atoms with Gasteiger partial charge in [0, 0.05) is 18.0 Å². The van der Waals surface area contributed by atoms with Crippen molar-refractivity contribution in [3.63, 3.8) is 0 Å². The van der Waals surface area contributed by atoms with Crippen LogP contribution in [0.1, 0.15) is 40.7 Å². The fourth-order valence-corrected chi connectivity index (χ4v) is 4.33. The van der Waals surface area contributed by atoms with Crippen molar-refractivity contribution in [1.82, 2.24) is 15.0 Å². The minimum Gasteiger partial charge on any atom is -0.338 e. The second-order valence-corrected chi connectivity index (χ2v) is 8.20. The van der Waals surface area contributed by atoms with Crippen LogP contribution in [0.3, 0.4) is 0 Å². The number of hydrogen-bond acceptors (Lipinski definition) is 5. The molecular formula is C19H21N3O2S. The molecule has 130 valence electrons. The third kappa shape index (κ3) is 2.95. The number of hydrogen-bond donors (Lipinski definition) is 0. The first-order valence-corrected chi connectivity index (χ1v) is 9.47. The molecule has 3 aromatic heterocycles. The van der Waals surface area contributed by atoms with Crippen LogP contribution in [0.2, 0.25) is 0 Å². The summed E-state index contributed by atoms with van der Waals surface area (Å²) in [6.45, 7) is 7.74. The van der Waals surface area contributed by atoms with Crippen LogP contribution in [-0.4, -0.2) is 34.0 Å². The second-order valence-electron chi connectivity index (χ2n) is 6.91. The van der Waals surface area contributed by atoms with Gasteiger partial charge in [-0.1, -0.05) is 12.1 Å². The van der Waals surface area contributed by atoms with Gasteiger partial charge < -0.3 is 9.42 Å². The van der Waals surface area contributed by atoms with Crippen LogP contribution in [-0.2, 0) is 0 Å². The maximum Gasteiger partial charge on any atom is 0.259 e. The molecule has 0 bridgehead atoms. The van der Waals surface area contributed by atoms with Crippen LogP contribution in [0.25, 0.3) is 21.7 Å². The maximum absolute atomic E-state index is 13.2. The molecule has 1 aliphatic heterocycles. The van der Waals surface area contributed by atoms with Gasteiger partial charge in [0.15, 0.2) is 0 Å². The van der Waals surface area contributed by atoms with E-state index < -0.39 is 0 Å². The van der Waals surface area contributed by atoms with Crippen molar-refractivity contribution in [1.29, 1.82) is 0 Å². The zero-order valence-electron chi connectivity index (χ0n) is 14.7. The Labute approximate surface area is 150 Å². The van der Waals surface area contributed by atoms with Crippen LogP contribution in [0.5, 0.6) is 0 Å². The van der Waals surface area contributed by atoms with Crippen molar-refractivity contribution in [3.05, 3.63) is 34.3 Å². The molecule has 4 heterocycles. The number of pyridine rings is 1. The number of thiophene rings is 1. The summed E-state index contributed by atoms with van der Waals surface area (Å²) < 4.78 is 5.39. The highest BCUT2D eigenvalue weighted by Gasteiger charge is 2.26. The number of aromatic nitrogens is 2. The molecule has 0 N–H and O–H groups in total. The molecule has 1 saturated heterocycles. The van der Waals surface area contributed by atoms with E-state index in [0.29, 0.717) is 22.9 Å². The third-order valence-electron chi connectivity index (χ3n) is 4.78. The first-order chi connectivity index (χ1) is 12.0. The summed E-state index contributed by atoms with van der Waals surface area (Å²) in [7, 11) is 0. The molecule has 0 spiro atoms. The molecule has 0 saturated carbocycles. The van der Waals surface area contributed by atoms with E-state index in [1.165, 1.54) is 11.3 Å². The van der Waals surface area contributed by atoms with Gasteiger partial charge in [-0.25, -0.2) is 4.98 Å². The lowest BCUT2D eigenvalue weighted by molar-refractivity contribution is 0.0685. The number of rotatable bonds is 2. The molecule has 4 rings (SSSR count). The molecule has 0 radical (unpaired) electrons. The summed E-state index contributed by atoms with van der Waals surface area (Å²) in [5.41, 5.74) is 2.58. The van der Waals surface area contributed by atoms with Crippen molar-refractivity contribution in [2.45, 2.75) is 33.6 Å². The molecule has 1 amide bonds. The number of carbonyl (C=O) groups excluding carboxylic acids is 1. The normalized spacial score (nSPS) is 18.0. The average molecular weight is 355 g/mol. The van der Waals surface area contributed by atoms with E-state index in [1.807, 2.05) is 24.0 Å². The Morgan fingerprint density at radius 2 is 2.20 bits per heavy atom. The second kappa shape index (κ2) is 6.26. The van der Waals surface area contributed by atoms with Crippen LogP contribution >= 0.6 is 11.3 Å². The standard InChI is InChI=1S/C19H21N3O2S/c1-11-5-4-8-22(10-11)19(23)14-9-15(16-7-6-12(2)25-16)20-18-17(14)13(3)21-24-18/h6-7,9,11H,4-5,8,10H2,1-3H3. The van der Waals surface area contributed by atoms with Gasteiger partial charge >= 0.3 is 0 Å². The molecule has 0 aliphatic carbocycles. The smallest absolute Gasteiger partial charge is 0.259 e. The Morgan fingerprint density at radius 3 is 2.92 bits per heavy atom. The topological polar surface area (TPSA) is 59.2 Å². The van der Waals surface area contributed by atoms with Gasteiger partial charge in [-0.15, -0.1) is 11.3 Å². The van der Waals surface area contributed by atoms with Crippen molar-refractivity contribution in [3.8, 4) is 10.6 Å². The predicted molar refractivity (Wildman–Crippen MR) is 98.9 cm³/mol. The zero-order valence-corrected chi connectivity index (χ0v) is 15.5. The van der Waals surface area contributed by atoms with Crippen LogP contribution < -0.4 is 0 Å². The first-order valence-electron chi connectivity index (χ1n) is 8.66. The molecule has 25 heavy (non-hydrogen) atoms. The lowest BCUT2D eigenvalue weighted by atomic mass is 9.99. The molecule has 1 fully saturated rings. The Hall–Kier alpha value is -2.21. The van der Waals surface area contributed by atoms with E-state index in [4.69, 9.17) is 4.52 Å². The number of likely N-dealkylation sites (tertiary alicyclic amines) is 1. The highest BCUT2D eigenvalue weighted by Crippen LogP contribution is 2.32. The van der Waals surface area contributed by atoms with Gasteiger partial charge in [-0.05, 0) is 50.8 Å². The van der Waals surface area contributed by atoms with Gasteiger partial charge in [-0.2, -0.15) is 0 Å². The predicted octanol–water partition coefficient (Wildman–Crippen LogP) is 4.44. The lowest BCUT2D eigenvalue weighted by Crippen LogP contribution is -2.39. The van der Waals surface area contributed by atoms with Crippen molar-refractivity contribution in [2.75, 3.05) is 13.1 Å². The summed E-state index contributed by atoms with van der Waals surface area (Å²) in [5, 5.41) is 4.77. The third-order valence-corrected chi connectivity index (χ3v) is 5.81. The van der Waals surface area contributed by atoms with Crippen molar-refractivity contribution >= 4 is 28.3 Å². The number of carbonyl (C=O) groups is 1. The largest absolute Gasteiger partial charge is 0.338 e. The summed E-state index contributed by atoms with van der Waals surface area (Å²) >= 11 is 1.66. The van der Waals surface area contributed by atoms with Gasteiger partial charge in [0.05, 0.1) is 27.2 Å². The summed E-state index contributed by atoms with van der Waals surface area (Å²) in [6, 6.07) is 6.00. The molecule has 6 heteroatoms. The Kier molecular flexibility index (Phi) is 4.07. The first kappa shape index (κ1) is 16.3. The summed E-state index contributed by atoms with van der Waals surface area (Å²) in [4.78, 5) is 22.0. The minimum absolute atomic E-state index is 0.0554. The molecule has 3 aromatic rings. The maximum atomic E-state index is 13.2. The van der Waals surface area contributed by atoms with E-state index in [0.717, 1.165) is 35.5 Å². The monoisotopic (exact) mass is 355 g/mol. The molecule has 0 aromatic carbocycles. The number of aryl methyl sites for hydroxylation is 2. The zero-order chi connectivity index (χ0) is 17.6. The highest BCUT2D eigenvalue weighted by molar-refractivity contribution is 7.15. The van der Waals surface area contributed by atoms with Gasteiger partial charge in [0.2, 0.25) is 0 Å². The van der Waals surface area contributed by atoms with Crippen LogP contribution in [0.4, 0.5) is 0 Å². The SMILES string of the molecule is Cc1ccc(-c2cc(C(=O)N3CCCC(C)C3)c3c(C)noc3n2)s1. The lowest BCUT2D eigenvalue weighted by Gasteiger charge is -2.31. The fourth-order valence-electron chi connectivity index (χ4n) is 3.51. The minimum atomic E-state index is 0.0554. The van der Waals surface area contributed by atoms with E-state index >= 15 is 0 Å². The molecule has 1 atom stereocenters. The molecular weight excluding hydrogens is 334 g/mol. The molecule has 1 unspecified atom stereocenters. The van der Waals surface area contributed by atoms with Crippen molar-refractivity contribution < 1.29 is 9.32 Å². The van der Waals surface area contributed by atoms with Crippen LogP contribution in [0.15, 0.2) is 22.7 Å². The van der Waals surface area contributed by atoms with Gasteiger partial charge in [0.25, 0.3) is 11.6 Å². The molecule has 5 nitrogen and oxygen atoms in total. The Morgan fingerprint density at radius 1 is 1.36 bits per heavy atom. The summed E-state index contributed by atoms with van der Waals surface area (Å²) in [5.74, 6) is 0.595. The average Bonchev–Trinajstić information content (AvgIpc) is 3.20. The number of nitrogens with zero attached hydrogens (tertiary/aromatic N) is 3. The van der Waals surface area contributed by atoms with Gasteiger partial charge in [0.1, 0.15) is 0 Å². The van der Waals surface area contributed by atoms with Crippen molar-refractivity contribution in [2.24, 2.45) is 5.92 Å². The van der Waals surface area contributed by atoms with E-state index in [-0.39, 0.29) is 5.91 Å².